The lowest BCUT2D eigenvalue weighted by Crippen LogP contribution is -2.01. The van der Waals surface area contributed by atoms with Crippen LogP contribution in [0.3, 0.4) is 0 Å². The molecule has 0 aliphatic carbocycles. The van der Waals surface area contributed by atoms with E-state index in [1.807, 2.05) is 47.8 Å². The summed E-state index contributed by atoms with van der Waals surface area (Å²) < 4.78 is 2.85. The number of benzene rings is 2. The van der Waals surface area contributed by atoms with Crippen LogP contribution in [0.4, 0.5) is 0 Å². The lowest BCUT2D eigenvalue weighted by Gasteiger charge is -2.04. The minimum Gasteiger partial charge on any atom is -0.289 e. The van der Waals surface area contributed by atoms with Crippen molar-refractivity contribution in [3.05, 3.63) is 67.9 Å². The molecule has 1 heterocycles. The molecule has 0 bridgehead atoms. The van der Waals surface area contributed by atoms with Crippen LogP contribution in [0, 0.1) is 0 Å². The number of ketones is 1. The van der Waals surface area contributed by atoms with Gasteiger partial charge in [-0.25, -0.2) is 0 Å². The molecule has 1 nitrogen and oxygen atoms in total. The average molecular weight is 396 g/mol. The third-order valence-electron chi connectivity index (χ3n) is 2.90. The summed E-state index contributed by atoms with van der Waals surface area (Å²) in [4.78, 5) is 12.7. The van der Waals surface area contributed by atoms with E-state index in [1.54, 1.807) is 11.3 Å². The molecular formula is C15H8Br2OS. The Morgan fingerprint density at radius 2 is 1.79 bits per heavy atom. The zero-order chi connectivity index (χ0) is 13.4. The minimum absolute atomic E-state index is 0.0469. The van der Waals surface area contributed by atoms with E-state index in [-0.39, 0.29) is 5.78 Å². The Balaban J connectivity index is 2.16. The summed E-state index contributed by atoms with van der Waals surface area (Å²) in [5.74, 6) is 0.0469. The zero-order valence-electron chi connectivity index (χ0n) is 9.69. The Morgan fingerprint density at radius 1 is 1.00 bits per heavy atom. The van der Waals surface area contributed by atoms with Crippen LogP contribution in [-0.2, 0) is 0 Å². The van der Waals surface area contributed by atoms with E-state index in [4.69, 9.17) is 0 Å². The molecular weight excluding hydrogens is 388 g/mol. The summed E-state index contributed by atoms with van der Waals surface area (Å²) in [6.07, 6.45) is 0. The molecule has 0 saturated carbocycles. The standard InChI is InChI=1S/C15H8Br2OS/c16-9-5-6-13(17)11(7-9)15(18)12-8-19-14-4-2-1-3-10(12)14/h1-8H. The smallest absolute Gasteiger partial charge is 0.195 e. The Kier molecular flexibility index (Phi) is 3.56. The van der Waals surface area contributed by atoms with Crippen LogP contribution >= 0.6 is 43.2 Å². The van der Waals surface area contributed by atoms with Gasteiger partial charge in [-0.15, -0.1) is 11.3 Å². The number of rotatable bonds is 2. The predicted octanol–water partition coefficient (Wildman–Crippen LogP) is 5.66. The number of halogens is 2. The first kappa shape index (κ1) is 13.0. The second-order valence-corrected chi connectivity index (χ2v) is 6.78. The van der Waals surface area contributed by atoms with Gasteiger partial charge in [0.15, 0.2) is 5.78 Å². The van der Waals surface area contributed by atoms with E-state index >= 15 is 0 Å². The molecule has 0 atom stereocenters. The second kappa shape index (κ2) is 5.19. The maximum absolute atomic E-state index is 12.7. The number of carbonyl (C=O) groups is 1. The monoisotopic (exact) mass is 394 g/mol. The van der Waals surface area contributed by atoms with Crippen molar-refractivity contribution in [2.75, 3.05) is 0 Å². The summed E-state index contributed by atoms with van der Waals surface area (Å²) in [7, 11) is 0. The van der Waals surface area contributed by atoms with Crippen LogP contribution in [0.15, 0.2) is 56.8 Å². The SMILES string of the molecule is O=C(c1cc(Br)ccc1Br)c1csc2ccccc12. The highest BCUT2D eigenvalue weighted by molar-refractivity contribution is 9.11. The number of thiophene rings is 1. The van der Waals surface area contributed by atoms with Gasteiger partial charge in [-0.05, 0) is 24.3 Å². The second-order valence-electron chi connectivity index (χ2n) is 4.10. The summed E-state index contributed by atoms with van der Waals surface area (Å²) >= 11 is 8.45. The van der Waals surface area contributed by atoms with Crippen molar-refractivity contribution in [3.8, 4) is 0 Å². The molecule has 0 saturated heterocycles. The van der Waals surface area contributed by atoms with Crippen molar-refractivity contribution in [2.24, 2.45) is 0 Å². The third-order valence-corrected chi connectivity index (χ3v) is 5.05. The van der Waals surface area contributed by atoms with Crippen molar-refractivity contribution < 1.29 is 4.79 Å². The fourth-order valence-electron chi connectivity index (χ4n) is 1.97. The van der Waals surface area contributed by atoms with Crippen LogP contribution < -0.4 is 0 Å². The maximum atomic E-state index is 12.7. The Labute approximate surface area is 131 Å². The van der Waals surface area contributed by atoms with E-state index in [1.165, 1.54) is 0 Å². The van der Waals surface area contributed by atoms with E-state index in [0.29, 0.717) is 5.56 Å². The molecule has 0 amide bonds. The van der Waals surface area contributed by atoms with Gasteiger partial charge in [0, 0.05) is 35.5 Å². The lowest BCUT2D eigenvalue weighted by atomic mass is 10.0. The molecule has 0 aliphatic rings. The van der Waals surface area contributed by atoms with E-state index in [0.717, 1.165) is 24.6 Å². The summed E-state index contributed by atoms with van der Waals surface area (Å²) in [5, 5.41) is 2.95. The highest BCUT2D eigenvalue weighted by Crippen LogP contribution is 2.30. The van der Waals surface area contributed by atoms with Crippen LogP contribution in [0.25, 0.3) is 10.1 Å². The summed E-state index contributed by atoms with van der Waals surface area (Å²) in [5.41, 5.74) is 1.44. The highest BCUT2D eigenvalue weighted by Gasteiger charge is 2.16. The summed E-state index contributed by atoms with van der Waals surface area (Å²) in [6.45, 7) is 0. The van der Waals surface area contributed by atoms with Crippen LogP contribution in [0.2, 0.25) is 0 Å². The lowest BCUT2D eigenvalue weighted by molar-refractivity contribution is 0.104. The first-order chi connectivity index (χ1) is 9.16. The van der Waals surface area contributed by atoms with Crippen molar-refractivity contribution in [2.45, 2.75) is 0 Å². The van der Waals surface area contributed by atoms with Crippen LogP contribution in [0.1, 0.15) is 15.9 Å². The molecule has 0 N–H and O–H groups in total. The van der Waals surface area contributed by atoms with Gasteiger partial charge in [0.1, 0.15) is 0 Å². The van der Waals surface area contributed by atoms with Gasteiger partial charge in [0.2, 0.25) is 0 Å². The largest absolute Gasteiger partial charge is 0.289 e. The molecule has 3 aromatic rings. The zero-order valence-corrected chi connectivity index (χ0v) is 13.7. The molecule has 4 heteroatoms. The third kappa shape index (κ3) is 2.40. The number of hydrogen-bond acceptors (Lipinski definition) is 2. The van der Waals surface area contributed by atoms with Gasteiger partial charge < -0.3 is 0 Å². The Hall–Kier alpha value is -0.970. The first-order valence-electron chi connectivity index (χ1n) is 5.63. The quantitative estimate of drug-likeness (QED) is 0.512. The van der Waals surface area contributed by atoms with E-state index < -0.39 is 0 Å². The maximum Gasteiger partial charge on any atom is 0.195 e. The van der Waals surface area contributed by atoms with Gasteiger partial charge in [0.05, 0.1) is 0 Å². The Morgan fingerprint density at radius 3 is 2.63 bits per heavy atom. The summed E-state index contributed by atoms with van der Waals surface area (Å²) in [6, 6.07) is 13.6. The number of carbonyl (C=O) groups excluding carboxylic acids is 1. The van der Waals surface area contributed by atoms with Gasteiger partial charge in [-0.3, -0.25) is 4.79 Å². The van der Waals surface area contributed by atoms with Gasteiger partial charge in [0.25, 0.3) is 0 Å². The predicted molar refractivity (Wildman–Crippen MR) is 87.1 cm³/mol. The topological polar surface area (TPSA) is 17.1 Å². The van der Waals surface area contributed by atoms with Gasteiger partial charge in [-0.2, -0.15) is 0 Å². The Bertz CT molecular complexity index is 777. The van der Waals surface area contributed by atoms with Crippen molar-refractivity contribution in [1.82, 2.24) is 0 Å². The first-order valence-corrected chi connectivity index (χ1v) is 8.09. The molecule has 0 unspecified atom stereocenters. The molecule has 19 heavy (non-hydrogen) atoms. The van der Waals surface area contributed by atoms with Gasteiger partial charge >= 0.3 is 0 Å². The number of fused-ring (bicyclic) bond motifs is 1. The van der Waals surface area contributed by atoms with Crippen molar-refractivity contribution >= 4 is 59.1 Å². The van der Waals surface area contributed by atoms with Crippen LogP contribution in [-0.4, -0.2) is 5.78 Å². The molecule has 2 aromatic carbocycles. The highest BCUT2D eigenvalue weighted by atomic mass is 79.9. The molecule has 0 fully saturated rings. The van der Waals surface area contributed by atoms with Gasteiger partial charge in [-0.1, -0.05) is 50.1 Å². The molecule has 94 valence electrons. The molecule has 0 radical (unpaired) electrons. The van der Waals surface area contributed by atoms with Crippen molar-refractivity contribution in [3.63, 3.8) is 0 Å². The number of hydrogen-bond donors (Lipinski definition) is 0. The average Bonchev–Trinajstić information content (AvgIpc) is 2.84. The van der Waals surface area contributed by atoms with Crippen LogP contribution in [0.5, 0.6) is 0 Å². The molecule has 0 spiro atoms. The fourth-order valence-corrected chi connectivity index (χ4v) is 3.70. The molecule has 1 aromatic heterocycles. The van der Waals surface area contributed by atoms with E-state index in [2.05, 4.69) is 31.9 Å². The minimum atomic E-state index is 0.0469. The van der Waals surface area contributed by atoms with Crippen molar-refractivity contribution in [1.29, 1.82) is 0 Å². The normalized spacial score (nSPS) is 10.8. The molecule has 0 aliphatic heterocycles. The fraction of sp³-hybridized carbons (Fsp3) is 0. The molecule has 3 rings (SSSR count). The van der Waals surface area contributed by atoms with E-state index in [9.17, 15) is 4.79 Å².